The highest BCUT2D eigenvalue weighted by molar-refractivity contribution is 7.10. The molecule has 0 bridgehead atoms. The van der Waals surface area contributed by atoms with Gasteiger partial charge in [-0.1, -0.05) is 12.1 Å². The van der Waals surface area contributed by atoms with E-state index in [1.54, 1.807) is 18.2 Å². The lowest BCUT2D eigenvalue weighted by atomic mass is 9.89. The van der Waals surface area contributed by atoms with E-state index in [4.69, 9.17) is 14.9 Å². The van der Waals surface area contributed by atoms with Crippen molar-refractivity contribution in [3.8, 4) is 11.8 Å². The minimum atomic E-state index is -0.538. The van der Waals surface area contributed by atoms with Gasteiger partial charge in [0.15, 0.2) is 5.75 Å². The van der Waals surface area contributed by atoms with Gasteiger partial charge < -0.3 is 14.9 Å². The van der Waals surface area contributed by atoms with Gasteiger partial charge in [0.1, 0.15) is 11.7 Å². The molecule has 1 atom stereocenters. The third-order valence-electron chi connectivity index (χ3n) is 4.13. The molecule has 5 nitrogen and oxygen atoms in total. The molecule has 0 saturated carbocycles. The van der Waals surface area contributed by atoms with Crippen LogP contribution < -0.4 is 16.1 Å². The second kappa shape index (κ2) is 5.25. The summed E-state index contributed by atoms with van der Waals surface area (Å²) in [6.45, 7) is 1.95. The number of ether oxygens (including phenoxy) is 1. The Bertz CT molecular complexity index is 1100. The average molecular weight is 336 g/mol. The molecule has 0 saturated heterocycles. The van der Waals surface area contributed by atoms with Crippen molar-refractivity contribution >= 4 is 22.3 Å². The van der Waals surface area contributed by atoms with Gasteiger partial charge in [0.05, 0.1) is 22.6 Å². The van der Waals surface area contributed by atoms with Gasteiger partial charge >= 0.3 is 5.63 Å². The van der Waals surface area contributed by atoms with Gasteiger partial charge in [-0.25, -0.2) is 4.79 Å². The number of nitrogens with two attached hydrogens (primary N) is 1. The first-order valence-corrected chi connectivity index (χ1v) is 8.17. The number of allylic oxidation sites excluding steroid dienone is 2. The quantitative estimate of drug-likeness (QED) is 0.688. The molecule has 1 aliphatic heterocycles. The van der Waals surface area contributed by atoms with E-state index in [1.807, 2.05) is 30.5 Å². The largest absolute Gasteiger partial charge is 0.443 e. The van der Waals surface area contributed by atoms with Crippen molar-refractivity contribution in [2.75, 3.05) is 0 Å². The first-order chi connectivity index (χ1) is 11.6. The molecular weight excluding hydrogens is 324 g/mol. The van der Waals surface area contributed by atoms with Crippen LogP contribution in [-0.4, -0.2) is 0 Å². The number of nitrogens with zero attached hydrogens (tertiary/aromatic N) is 1. The third-order valence-corrected chi connectivity index (χ3v) is 5.21. The van der Waals surface area contributed by atoms with E-state index in [0.29, 0.717) is 22.3 Å². The highest BCUT2D eigenvalue weighted by Gasteiger charge is 2.36. The summed E-state index contributed by atoms with van der Waals surface area (Å²) in [5.74, 6) is -0.161. The van der Waals surface area contributed by atoms with Gasteiger partial charge in [-0.15, -0.1) is 11.3 Å². The Morgan fingerprint density at radius 1 is 1.29 bits per heavy atom. The fourth-order valence-electron chi connectivity index (χ4n) is 2.98. The molecule has 24 heavy (non-hydrogen) atoms. The molecule has 0 radical (unpaired) electrons. The summed E-state index contributed by atoms with van der Waals surface area (Å²) in [5.41, 5.74) is 7.68. The predicted octanol–water partition coefficient (Wildman–Crippen LogP) is 3.38. The summed E-state index contributed by atoms with van der Waals surface area (Å²) in [6, 6.07) is 11.0. The highest BCUT2D eigenvalue weighted by atomic mass is 32.1. The molecule has 118 valence electrons. The van der Waals surface area contributed by atoms with Gasteiger partial charge in [0.25, 0.3) is 0 Å². The van der Waals surface area contributed by atoms with Gasteiger partial charge in [-0.05, 0) is 36.1 Å². The molecular formula is C18H12N2O3S. The summed E-state index contributed by atoms with van der Waals surface area (Å²) >= 11 is 1.49. The molecule has 4 rings (SSSR count). The minimum absolute atomic E-state index is 0.0241. The third kappa shape index (κ3) is 1.95. The van der Waals surface area contributed by atoms with Crippen molar-refractivity contribution < 1.29 is 9.15 Å². The zero-order valence-corrected chi connectivity index (χ0v) is 13.5. The van der Waals surface area contributed by atoms with Crippen molar-refractivity contribution in [3.05, 3.63) is 73.6 Å². The molecule has 0 aliphatic carbocycles. The summed E-state index contributed by atoms with van der Waals surface area (Å²) in [6.07, 6.45) is 0. The van der Waals surface area contributed by atoms with Crippen molar-refractivity contribution in [2.24, 2.45) is 5.73 Å². The van der Waals surface area contributed by atoms with E-state index in [2.05, 4.69) is 0 Å². The number of nitriles is 1. The number of aryl methyl sites for hydroxylation is 1. The molecule has 0 amide bonds. The molecule has 6 heteroatoms. The lowest BCUT2D eigenvalue weighted by Gasteiger charge is -2.25. The summed E-state index contributed by atoms with van der Waals surface area (Å²) in [7, 11) is 0. The number of hydrogen-bond donors (Lipinski definition) is 1. The SMILES string of the molecule is Cc1ccsc1C1C(N)=C(C#N)Oc2c1c(=O)oc1ccccc21. The van der Waals surface area contributed by atoms with Crippen LogP contribution in [0, 0.1) is 18.3 Å². The number of thiophene rings is 1. The second-order valence-electron chi connectivity index (χ2n) is 5.53. The molecule has 2 N–H and O–H groups in total. The van der Waals surface area contributed by atoms with Crippen LogP contribution in [0.25, 0.3) is 11.0 Å². The number of rotatable bonds is 1. The molecule has 0 spiro atoms. The predicted molar refractivity (Wildman–Crippen MR) is 90.8 cm³/mol. The van der Waals surface area contributed by atoms with Crippen LogP contribution in [0.3, 0.4) is 0 Å². The molecule has 2 aromatic heterocycles. The van der Waals surface area contributed by atoms with Gasteiger partial charge in [0.2, 0.25) is 5.76 Å². The van der Waals surface area contributed by atoms with Crippen molar-refractivity contribution in [1.82, 2.24) is 0 Å². The Kier molecular flexibility index (Phi) is 3.18. The zero-order valence-electron chi connectivity index (χ0n) is 12.7. The fourth-order valence-corrected chi connectivity index (χ4v) is 4.04. The molecule has 1 aliphatic rings. The van der Waals surface area contributed by atoms with Gasteiger partial charge in [-0.3, -0.25) is 0 Å². The van der Waals surface area contributed by atoms with Crippen LogP contribution in [0.4, 0.5) is 0 Å². The monoisotopic (exact) mass is 336 g/mol. The van der Waals surface area contributed by atoms with Crippen LogP contribution in [0.5, 0.6) is 5.75 Å². The molecule has 3 heterocycles. The van der Waals surface area contributed by atoms with Crippen LogP contribution in [0.2, 0.25) is 0 Å². The Morgan fingerprint density at radius 3 is 2.79 bits per heavy atom. The van der Waals surface area contributed by atoms with E-state index < -0.39 is 11.5 Å². The van der Waals surface area contributed by atoms with Gasteiger partial charge in [0, 0.05) is 4.88 Å². The van der Waals surface area contributed by atoms with Crippen LogP contribution >= 0.6 is 11.3 Å². The Hall–Kier alpha value is -3.04. The van der Waals surface area contributed by atoms with Crippen LogP contribution in [0.15, 0.2) is 56.4 Å². The molecule has 3 aromatic rings. The maximum absolute atomic E-state index is 12.6. The van der Waals surface area contributed by atoms with Crippen molar-refractivity contribution in [2.45, 2.75) is 12.8 Å². The Labute approximate surface area is 141 Å². The normalized spacial score (nSPS) is 16.6. The second-order valence-corrected chi connectivity index (χ2v) is 6.48. The van der Waals surface area contributed by atoms with Crippen molar-refractivity contribution in [1.29, 1.82) is 5.26 Å². The topological polar surface area (TPSA) is 89.3 Å². The van der Waals surface area contributed by atoms with E-state index in [1.165, 1.54) is 11.3 Å². The maximum Gasteiger partial charge on any atom is 0.344 e. The highest BCUT2D eigenvalue weighted by Crippen LogP contribution is 2.44. The first kappa shape index (κ1) is 14.5. The Morgan fingerprint density at radius 2 is 2.08 bits per heavy atom. The van der Waals surface area contributed by atoms with Crippen LogP contribution in [0.1, 0.15) is 21.9 Å². The maximum atomic E-state index is 12.6. The van der Waals surface area contributed by atoms with E-state index in [0.717, 1.165) is 10.4 Å². The summed E-state index contributed by atoms with van der Waals surface area (Å²) in [5, 5.41) is 12.0. The standard InChI is InChI=1S/C18H12N2O3S/c1-9-6-7-24-17(9)13-14-16(22-12(8-19)15(13)20)10-4-2-3-5-11(10)23-18(14)21/h2-7,13H,20H2,1H3. The zero-order chi connectivity index (χ0) is 16.8. The smallest absolute Gasteiger partial charge is 0.344 e. The Balaban J connectivity index is 2.12. The van der Waals surface area contributed by atoms with Crippen LogP contribution in [-0.2, 0) is 0 Å². The number of para-hydroxylation sites is 1. The van der Waals surface area contributed by atoms with E-state index in [-0.39, 0.29) is 11.5 Å². The van der Waals surface area contributed by atoms with E-state index >= 15 is 0 Å². The minimum Gasteiger partial charge on any atom is -0.443 e. The van der Waals surface area contributed by atoms with E-state index in [9.17, 15) is 10.1 Å². The lowest BCUT2D eigenvalue weighted by Crippen LogP contribution is -2.27. The number of hydrogen-bond acceptors (Lipinski definition) is 6. The van der Waals surface area contributed by atoms with Crippen molar-refractivity contribution in [3.63, 3.8) is 0 Å². The van der Waals surface area contributed by atoms with Gasteiger partial charge in [-0.2, -0.15) is 5.26 Å². The molecule has 1 aromatic carbocycles. The molecule has 0 fully saturated rings. The summed E-state index contributed by atoms with van der Waals surface area (Å²) in [4.78, 5) is 13.5. The molecule has 1 unspecified atom stereocenters. The average Bonchev–Trinajstić information content (AvgIpc) is 3.00. The number of fused-ring (bicyclic) bond motifs is 3. The summed E-state index contributed by atoms with van der Waals surface area (Å²) < 4.78 is 11.1. The fraction of sp³-hybridized carbons (Fsp3) is 0.111. The lowest BCUT2D eigenvalue weighted by molar-refractivity contribution is 0.408. The first-order valence-electron chi connectivity index (χ1n) is 7.29. The number of benzene rings is 1.